The van der Waals surface area contributed by atoms with Gasteiger partial charge in [-0.3, -0.25) is 0 Å². The third-order valence-electron chi connectivity index (χ3n) is 8.67. The zero-order chi connectivity index (χ0) is 26.0. The van der Waals surface area contributed by atoms with E-state index in [-0.39, 0.29) is 0 Å². The Bertz CT molecular complexity index is 498. The van der Waals surface area contributed by atoms with Crippen LogP contribution in [0.5, 0.6) is 0 Å². The Morgan fingerprint density at radius 3 is 1.24 bits per heavy atom. The summed E-state index contributed by atoms with van der Waals surface area (Å²) in [5.41, 5.74) is 0. The first-order valence-corrected chi connectivity index (χ1v) is 28.8. The van der Waals surface area contributed by atoms with Crippen LogP contribution in [0.2, 0.25) is 93.7 Å². The van der Waals surface area contributed by atoms with Crippen molar-refractivity contribution in [2.24, 2.45) is 0 Å². The van der Waals surface area contributed by atoms with Gasteiger partial charge in [-0.15, -0.1) is 0 Å². The molecule has 33 heavy (non-hydrogen) atoms. The Hall–Kier alpha value is 0.964. The minimum absolute atomic E-state index is 0.856. The molecule has 0 spiro atoms. The van der Waals surface area contributed by atoms with Gasteiger partial charge in [-0.2, -0.15) is 0 Å². The summed E-state index contributed by atoms with van der Waals surface area (Å²) in [6.45, 7) is 33.9. The Morgan fingerprint density at radius 2 is 0.879 bits per heavy atom. The van der Waals surface area contributed by atoms with Gasteiger partial charge in [-0.1, -0.05) is 41.5 Å². The summed E-state index contributed by atoms with van der Waals surface area (Å²) in [5.74, 6) is 0. The van der Waals surface area contributed by atoms with Crippen molar-refractivity contribution in [2.45, 2.75) is 149 Å². The van der Waals surface area contributed by atoms with Crippen molar-refractivity contribution in [3.8, 4) is 0 Å². The Kier molecular flexibility index (Phi) is 15.1. The number of hydrogen-bond acceptors (Lipinski definition) is 3. The highest BCUT2D eigenvalue weighted by molar-refractivity contribution is 6.92. The van der Waals surface area contributed by atoms with Crippen molar-refractivity contribution in [2.75, 3.05) is 13.2 Å². The summed E-state index contributed by atoms with van der Waals surface area (Å²) in [6, 6.07) is 12.3. The van der Waals surface area contributed by atoms with Crippen LogP contribution in [0, 0.1) is 0 Å². The van der Waals surface area contributed by atoms with Gasteiger partial charge in [0.2, 0.25) is 0 Å². The molecule has 0 radical (unpaired) electrons. The minimum Gasteiger partial charge on any atom is -0.456 e. The van der Waals surface area contributed by atoms with Crippen molar-refractivity contribution in [3.63, 3.8) is 0 Å². The normalized spacial score (nSPS) is 14.4. The fraction of sp³-hybridized carbons (Fsp3) is 1.00. The van der Waals surface area contributed by atoms with E-state index in [0.29, 0.717) is 0 Å². The second kappa shape index (κ2) is 14.6. The lowest BCUT2D eigenvalue weighted by molar-refractivity contribution is 0.329. The summed E-state index contributed by atoms with van der Waals surface area (Å²) >= 11 is 0. The molecule has 0 heterocycles. The van der Waals surface area contributed by atoms with Crippen molar-refractivity contribution in [1.29, 1.82) is 0 Å². The first kappa shape index (κ1) is 34.0. The van der Waals surface area contributed by atoms with E-state index < -0.39 is 41.4 Å². The van der Waals surface area contributed by atoms with Gasteiger partial charge in [-0.05, 0) is 114 Å². The number of rotatable bonds is 19. The van der Waals surface area contributed by atoms with Gasteiger partial charge in [0.1, 0.15) is 16.5 Å². The maximum absolute atomic E-state index is 7.06. The molecule has 200 valence electrons. The summed E-state index contributed by atoms with van der Waals surface area (Å²) in [7, 11) is -7.55. The lowest BCUT2D eigenvalue weighted by atomic mass is 10.5. The van der Waals surface area contributed by atoms with Crippen LogP contribution in [0.3, 0.4) is 0 Å². The molecule has 0 aliphatic rings. The average Bonchev–Trinajstić information content (AvgIpc) is 2.74. The second-order valence-corrected chi connectivity index (χ2v) is 36.0. The van der Waals surface area contributed by atoms with Gasteiger partial charge >= 0.3 is 0 Å². The van der Waals surface area contributed by atoms with Gasteiger partial charge < -0.3 is 12.8 Å². The molecule has 3 nitrogen and oxygen atoms in total. The van der Waals surface area contributed by atoms with E-state index in [4.69, 9.17) is 8.54 Å². The SMILES string of the molecule is CCO[Si](C)(C)CC[Si](C)(C)O[Si](C)(C)CCCN([Si](CC)(CC)CC)[Si](CC)(CC)CC. The first-order valence-electron chi connectivity index (χ1n) is 14.3. The quantitative estimate of drug-likeness (QED) is 0.150. The van der Waals surface area contributed by atoms with Crippen LogP contribution in [0.15, 0.2) is 0 Å². The Morgan fingerprint density at radius 1 is 0.515 bits per heavy atom. The highest BCUT2D eigenvalue weighted by Crippen LogP contribution is 2.36. The smallest absolute Gasteiger partial charge is 0.186 e. The highest BCUT2D eigenvalue weighted by atomic mass is 28.4. The van der Waals surface area contributed by atoms with Crippen molar-refractivity contribution < 1.29 is 8.54 Å². The van der Waals surface area contributed by atoms with E-state index in [9.17, 15) is 0 Å². The van der Waals surface area contributed by atoms with E-state index in [1.165, 1.54) is 67.4 Å². The predicted molar refractivity (Wildman–Crippen MR) is 165 cm³/mol. The van der Waals surface area contributed by atoms with Crippen LogP contribution in [0.25, 0.3) is 0 Å². The summed E-state index contributed by atoms with van der Waals surface area (Å²) in [6.07, 6.45) is 1.34. The predicted octanol–water partition coefficient (Wildman–Crippen LogP) is 9.36. The molecule has 0 aromatic heterocycles. The fourth-order valence-corrected chi connectivity index (χ4v) is 33.2. The molecule has 0 rings (SSSR count). The number of hydrogen-bond donors (Lipinski definition) is 0. The molecular formula is C25H63NO2Si5. The van der Waals surface area contributed by atoms with Crippen molar-refractivity contribution >= 4 is 41.4 Å². The first-order chi connectivity index (χ1) is 15.2. The number of nitrogens with zero attached hydrogens (tertiary/aromatic N) is 1. The molecule has 0 fully saturated rings. The van der Waals surface area contributed by atoms with Gasteiger partial charge in [0, 0.05) is 6.61 Å². The summed E-state index contributed by atoms with van der Waals surface area (Å²) in [5, 5.41) is 0. The Balaban J connectivity index is 5.35. The van der Waals surface area contributed by atoms with Crippen LogP contribution in [-0.2, 0) is 8.54 Å². The van der Waals surface area contributed by atoms with Gasteiger partial charge in [0.15, 0.2) is 25.0 Å². The van der Waals surface area contributed by atoms with Crippen LogP contribution in [0.1, 0.15) is 54.9 Å². The molecule has 0 saturated heterocycles. The van der Waals surface area contributed by atoms with E-state index in [0.717, 1.165) is 6.61 Å². The lowest BCUT2D eigenvalue weighted by Gasteiger charge is -2.52. The largest absolute Gasteiger partial charge is 0.456 e. The van der Waals surface area contributed by atoms with Crippen LogP contribution in [0.4, 0.5) is 0 Å². The van der Waals surface area contributed by atoms with E-state index in [2.05, 4.69) is 92.0 Å². The lowest BCUT2D eigenvalue weighted by Crippen LogP contribution is -2.66. The van der Waals surface area contributed by atoms with E-state index >= 15 is 0 Å². The minimum atomic E-state index is -1.66. The van der Waals surface area contributed by atoms with E-state index in [1.54, 1.807) is 0 Å². The van der Waals surface area contributed by atoms with Gasteiger partial charge in [0.05, 0.1) is 0 Å². The molecule has 0 aromatic rings. The topological polar surface area (TPSA) is 21.7 Å². The maximum atomic E-state index is 7.06. The molecule has 0 aliphatic heterocycles. The third-order valence-corrected chi connectivity index (χ3v) is 32.6. The zero-order valence-corrected chi connectivity index (χ0v) is 30.2. The molecule has 0 saturated carbocycles. The van der Waals surface area contributed by atoms with Crippen molar-refractivity contribution in [1.82, 2.24) is 4.23 Å². The molecule has 0 bridgehead atoms. The third kappa shape index (κ3) is 10.5. The van der Waals surface area contributed by atoms with Crippen LogP contribution >= 0.6 is 0 Å². The summed E-state index contributed by atoms with van der Waals surface area (Å²) < 4.78 is 16.4. The van der Waals surface area contributed by atoms with E-state index in [1.807, 2.05) is 0 Å². The zero-order valence-electron chi connectivity index (χ0n) is 25.2. The monoisotopic (exact) mass is 549 g/mol. The standard InChI is InChI=1S/C25H63NO2Si5/c1-14-27-29(8,9)24-25-31(12,13)28-30(10,11)23-21-22-26(32(15-2,16-3)17-4)33(18-5,19-6)20-7/h14-25H2,1-13H3. The molecule has 8 heteroatoms. The molecule has 0 aromatic carbocycles. The molecule has 0 atom stereocenters. The molecule has 0 amide bonds. The second-order valence-electron chi connectivity index (χ2n) is 12.1. The highest BCUT2D eigenvalue weighted by Gasteiger charge is 2.46. The van der Waals surface area contributed by atoms with Crippen LogP contribution < -0.4 is 0 Å². The molecule has 0 aliphatic carbocycles. The van der Waals surface area contributed by atoms with Gasteiger partial charge in [-0.25, -0.2) is 0 Å². The maximum Gasteiger partial charge on any atom is 0.186 e. The Labute approximate surface area is 215 Å². The molecule has 0 unspecified atom stereocenters. The fourth-order valence-electron chi connectivity index (χ4n) is 6.20. The summed E-state index contributed by atoms with van der Waals surface area (Å²) in [4.78, 5) is 0. The molecular weight excluding hydrogens is 487 g/mol. The molecule has 0 N–H and O–H groups in total. The van der Waals surface area contributed by atoms with Crippen LogP contribution in [-0.4, -0.2) is 58.8 Å². The van der Waals surface area contributed by atoms with Crippen molar-refractivity contribution in [3.05, 3.63) is 0 Å². The average molecular weight is 550 g/mol. The van der Waals surface area contributed by atoms with Gasteiger partial charge in [0.25, 0.3) is 0 Å².